The lowest BCUT2D eigenvalue weighted by Gasteiger charge is -2.46. The van der Waals surface area contributed by atoms with Crippen molar-refractivity contribution in [1.82, 2.24) is 0 Å². The van der Waals surface area contributed by atoms with Gasteiger partial charge in [-0.3, -0.25) is 0 Å². The molecule has 1 nitrogen and oxygen atoms in total. The van der Waals surface area contributed by atoms with Gasteiger partial charge < -0.3 is 4.43 Å². The summed E-state index contributed by atoms with van der Waals surface area (Å²) in [4.78, 5) is 0. The van der Waals surface area contributed by atoms with E-state index in [1.807, 2.05) is 0 Å². The molecular formula is C13H32OSSi2. The number of hydrogen-bond acceptors (Lipinski definition) is 2. The van der Waals surface area contributed by atoms with Crippen molar-refractivity contribution in [3.05, 3.63) is 0 Å². The molecule has 1 unspecified atom stereocenters. The highest BCUT2D eigenvalue weighted by Gasteiger charge is 2.52. The van der Waals surface area contributed by atoms with Crippen LogP contribution in [0.5, 0.6) is 0 Å². The second-order valence-electron chi connectivity index (χ2n) is 5.69. The van der Waals surface area contributed by atoms with Crippen LogP contribution in [0.1, 0.15) is 54.9 Å². The molecule has 104 valence electrons. The van der Waals surface area contributed by atoms with Crippen LogP contribution in [-0.2, 0) is 4.43 Å². The highest BCUT2D eigenvalue weighted by Crippen LogP contribution is 2.39. The SMILES string of the molecule is CCC(C)(C)O[Si](S)(CC)[Si](CC)(CC)CC. The first-order valence-corrected chi connectivity index (χ1v) is 14.2. The molecule has 0 aliphatic heterocycles. The summed E-state index contributed by atoms with van der Waals surface area (Å²) in [6, 6.07) is 5.12. The van der Waals surface area contributed by atoms with Crippen LogP contribution in [0, 0.1) is 0 Å². The largest absolute Gasteiger partial charge is 0.405 e. The van der Waals surface area contributed by atoms with Gasteiger partial charge in [-0.05, 0) is 26.3 Å². The minimum Gasteiger partial charge on any atom is -0.405 e. The van der Waals surface area contributed by atoms with Crippen molar-refractivity contribution < 1.29 is 4.43 Å². The maximum Gasteiger partial charge on any atom is 0.236 e. The van der Waals surface area contributed by atoms with Gasteiger partial charge in [-0.2, -0.15) is 12.1 Å². The topological polar surface area (TPSA) is 9.23 Å². The first-order chi connectivity index (χ1) is 7.76. The molecule has 0 spiro atoms. The maximum absolute atomic E-state index is 6.63. The molecule has 0 rings (SSSR count). The molecule has 4 heteroatoms. The van der Waals surface area contributed by atoms with Crippen molar-refractivity contribution in [3.63, 3.8) is 0 Å². The Balaban J connectivity index is 5.24. The normalized spacial score (nSPS) is 16.9. The lowest BCUT2D eigenvalue weighted by molar-refractivity contribution is 0.104. The number of rotatable bonds is 8. The predicted molar refractivity (Wildman–Crippen MR) is 87.9 cm³/mol. The molecule has 0 aliphatic rings. The molecule has 0 aromatic rings. The Hall–Kier alpha value is 0.744. The van der Waals surface area contributed by atoms with Gasteiger partial charge in [-0.1, -0.05) is 52.8 Å². The quantitative estimate of drug-likeness (QED) is 0.479. The van der Waals surface area contributed by atoms with Crippen LogP contribution in [0.4, 0.5) is 0 Å². The van der Waals surface area contributed by atoms with Gasteiger partial charge in [-0.15, -0.1) is 0 Å². The standard InChI is InChI=1S/C13H32OSSi2/c1-8-13(6,7)14-17(15,12-5)16(9-2,10-3)11-4/h15H,8-12H2,1-7H3. The Morgan fingerprint density at radius 1 is 0.882 bits per heavy atom. The summed E-state index contributed by atoms with van der Waals surface area (Å²) in [6.45, 7) is 14.2. The van der Waals surface area contributed by atoms with Crippen LogP contribution in [0.15, 0.2) is 0 Å². The Morgan fingerprint density at radius 3 is 1.53 bits per heavy atom. The third-order valence-corrected chi connectivity index (χ3v) is 27.2. The molecule has 0 aromatic heterocycles. The molecule has 0 heterocycles. The fourth-order valence-corrected chi connectivity index (χ4v) is 21.7. The van der Waals surface area contributed by atoms with Gasteiger partial charge in [0.05, 0.1) is 13.2 Å². The summed E-state index contributed by atoms with van der Waals surface area (Å²) in [6.07, 6.45) is 1.07. The van der Waals surface area contributed by atoms with Gasteiger partial charge in [0.2, 0.25) is 6.98 Å². The Kier molecular flexibility index (Phi) is 7.08. The van der Waals surface area contributed by atoms with Crippen molar-refractivity contribution >= 4 is 26.7 Å². The van der Waals surface area contributed by atoms with Crippen LogP contribution >= 0.6 is 12.1 Å². The van der Waals surface area contributed by atoms with E-state index in [2.05, 4.69) is 48.5 Å². The molecule has 1 atom stereocenters. The zero-order valence-corrected chi connectivity index (χ0v) is 15.8. The Morgan fingerprint density at radius 2 is 1.29 bits per heavy atom. The molecule has 0 fully saturated rings. The first-order valence-electron chi connectivity index (χ1n) is 7.19. The number of hydrogen-bond donors (Lipinski definition) is 1. The molecule has 0 amide bonds. The van der Waals surface area contributed by atoms with Crippen molar-refractivity contribution in [1.29, 1.82) is 0 Å². The zero-order valence-electron chi connectivity index (χ0n) is 12.9. The second kappa shape index (κ2) is 6.78. The van der Waals surface area contributed by atoms with Crippen LogP contribution in [0.3, 0.4) is 0 Å². The molecule has 0 N–H and O–H groups in total. The molecule has 0 radical (unpaired) electrons. The molecule has 0 saturated carbocycles. The van der Waals surface area contributed by atoms with Gasteiger partial charge in [0.15, 0.2) is 0 Å². The van der Waals surface area contributed by atoms with Crippen molar-refractivity contribution in [2.24, 2.45) is 0 Å². The molecule has 17 heavy (non-hydrogen) atoms. The van der Waals surface area contributed by atoms with Crippen molar-refractivity contribution in [2.75, 3.05) is 0 Å². The Bertz CT molecular complexity index is 221. The molecule has 0 saturated heterocycles. The van der Waals surface area contributed by atoms with E-state index in [9.17, 15) is 0 Å². The third-order valence-electron chi connectivity index (χ3n) is 4.63. The summed E-state index contributed by atoms with van der Waals surface area (Å²) >= 11 is 5.17. The van der Waals surface area contributed by atoms with E-state index in [4.69, 9.17) is 16.5 Å². The summed E-state index contributed by atoms with van der Waals surface area (Å²) in [5.74, 6) is 0. The molecule has 0 aliphatic carbocycles. The zero-order chi connectivity index (χ0) is 13.7. The molecule has 0 bridgehead atoms. The average molecular weight is 293 g/mol. The van der Waals surface area contributed by atoms with Crippen molar-refractivity contribution in [3.8, 4) is 0 Å². The minimum absolute atomic E-state index is 0.00173. The van der Waals surface area contributed by atoms with Gasteiger partial charge in [0.1, 0.15) is 0 Å². The highest BCUT2D eigenvalue weighted by atomic mass is 32.3. The molecular weight excluding hydrogens is 260 g/mol. The van der Waals surface area contributed by atoms with Gasteiger partial charge in [0, 0.05) is 0 Å². The van der Waals surface area contributed by atoms with E-state index < -0.39 is 14.6 Å². The second-order valence-corrected chi connectivity index (χ2v) is 21.9. The Labute approximate surface area is 116 Å². The lowest BCUT2D eigenvalue weighted by atomic mass is 10.1. The van der Waals surface area contributed by atoms with Crippen molar-refractivity contribution in [2.45, 2.75) is 84.7 Å². The van der Waals surface area contributed by atoms with Gasteiger partial charge in [0.25, 0.3) is 0 Å². The lowest BCUT2D eigenvalue weighted by Crippen LogP contribution is -2.62. The maximum atomic E-state index is 6.63. The van der Waals surface area contributed by atoms with Crippen LogP contribution in [-0.4, -0.2) is 20.2 Å². The smallest absolute Gasteiger partial charge is 0.236 e. The van der Waals surface area contributed by atoms with E-state index in [0.29, 0.717) is 0 Å². The van der Waals surface area contributed by atoms with Gasteiger partial charge >= 0.3 is 0 Å². The van der Waals surface area contributed by atoms with Gasteiger partial charge in [-0.25, -0.2) is 0 Å². The predicted octanol–water partition coefficient (Wildman–Crippen LogP) is 5.17. The highest BCUT2D eigenvalue weighted by molar-refractivity contribution is 8.22. The van der Waals surface area contributed by atoms with Crippen LogP contribution in [0.25, 0.3) is 0 Å². The fraction of sp³-hybridized carbons (Fsp3) is 1.00. The van der Waals surface area contributed by atoms with E-state index in [1.54, 1.807) is 0 Å². The average Bonchev–Trinajstić information content (AvgIpc) is 2.31. The van der Waals surface area contributed by atoms with E-state index in [-0.39, 0.29) is 5.60 Å². The molecule has 0 aromatic carbocycles. The van der Waals surface area contributed by atoms with E-state index >= 15 is 0 Å². The number of thiol groups is 1. The minimum atomic E-state index is -1.83. The van der Waals surface area contributed by atoms with E-state index in [1.165, 1.54) is 18.1 Å². The fourth-order valence-electron chi connectivity index (χ4n) is 2.66. The van der Waals surface area contributed by atoms with E-state index in [0.717, 1.165) is 12.5 Å². The van der Waals surface area contributed by atoms with Crippen LogP contribution < -0.4 is 0 Å². The summed E-state index contributed by atoms with van der Waals surface area (Å²) in [7, 11) is -1.32. The third kappa shape index (κ3) is 3.85. The summed E-state index contributed by atoms with van der Waals surface area (Å²) in [5, 5.41) is 0. The van der Waals surface area contributed by atoms with Crippen LogP contribution in [0.2, 0.25) is 24.2 Å². The summed E-state index contributed by atoms with van der Waals surface area (Å²) < 4.78 is 6.63. The summed E-state index contributed by atoms with van der Waals surface area (Å²) in [5.41, 5.74) is 0.00173. The monoisotopic (exact) mass is 292 g/mol. The first kappa shape index (κ1) is 17.7.